The summed E-state index contributed by atoms with van der Waals surface area (Å²) in [7, 11) is 0. The highest BCUT2D eigenvalue weighted by molar-refractivity contribution is 5.99. The molecule has 2 aromatic rings. The van der Waals surface area contributed by atoms with E-state index in [0.717, 1.165) is 24.3 Å². The quantitative estimate of drug-likeness (QED) is 0.807. The molecule has 0 aromatic heterocycles. The van der Waals surface area contributed by atoms with Gasteiger partial charge in [0.2, 0.25) is 0 Å². The number of halogens is 4. The molecule has 104 valence electrons. The Labute approximate surface area is 111 Å². The van der Waals surface area contributed by atoms with Crippen molar-refractivity contribution >= 4 is 17.4 Å². The molecule has 0 bridgehead atoms. The summed E-state index contributed by atoms with van der Waals surface area (Å²) in [4.78, 5) is 11.5. The monoisotopic (exact) mass is 284 g/mol. The molecule has 0 fully saturated rings. The van der Waals surface area contributed by atoms with Crippen molar-refractivity contribution in [3.63, 3.8) is 0 Å². The molecule has 0 radical (unpaired) electrons. The summed E-state index contributed by atoms with van der Waals surface area (Å²) in [6.07, 6.45) is 0. The van der Waals surface area contributed by atoms with E-state index in [1.807, 2.05) is 0 Å². The summed E-state index contributed by atoms with van der Waals surface area (Å²) in [5, 5.41) is 4.27. The Balaban J connectivity index is 2.08. The third-order valence-corrected chi connectivity index (χ3v) is 2.24. The average molecular weight is 284 g/mol. The number of hydrogen-bond donors (Lipinski definition) is 2. The summed E-state index contributed by atoms with van der Waals surface area (Å²) in [6, 6.07) is 3.99. The zero-order valence-electron chi connectivity index (χ0n) is 9.88. The van der Waals surface area contributed by atoms with Crippen LogP contribution >= 0.6 is 0 Å². The molecule has 0 saturated carbocycles. The number of urea groups is 1. The number of amides is 2. The summed E-state index contributed by atoms with van der Waals surface area (Å²) >= 11 is 0. The van der Waals surface area contributed by atoms with Crippen LogP contribution in [0.3, 0.4) is 0 Å². The van der Waals surface area contributed by atoms with E-state index in [4.69, 9.17) is 0 Å². The summed E-state index contributed by atoms with van der Waals surface area (Å²) < 4.78 is 51.6. The topological polar surface area (TPSA) is 41.1 Å². The third kappa shape index (κ3) is 3.71. The molecule has 2 aromatic carbocycles. The van der Waals surface area contributed by atoms with Crippen LogP contribution in [0.2, 0.25) is 0 Å². The molecule has 0 spiro atoms. The van der Waals surface area contributed by atoms with Gasteiger partial charge in [-0.15, -0.1) is 0 Å². The van der Waals surface area contributed by atoms with Gasteiger partial charge in [0, 0.05) is 23.5 Å². The van der Waals surface area contributed by atoms with Crippen molar-refractivity contribution in [2.24, 2.45) is 0 Å². The van der Waals surface area contributed by atoms with Crippen LogP contribution in [-0.2, 0) is 0 Å². The van der Waals surface area contributed by atoms with E-state index in [1.165, 1.54) is 0 Å². The normalized spacial score (nSPS) is 10.2. The minimum atomic E-state index is -0.889. The van der Waals surface area contributed by atoms with Crippen LogP contribution < -0.4 is 10.6 Å². The van der Waals surface area contributed by atoms with Crippen molar-refractivity contribution in [1.29, 1.82) is 0 Å². The van der Waals surface area contributed by atoms with E-state index < -0.39 is 29.3 Å². The lowest BCUT2D eigenvalue weighted by atomic mass is 10.3. The molecular weight excluding hydrogens is 276 g/mol. The van der Waals surface area contributed by atoms with E-state index in [9.17, 15) is 22.4 Å². The molecule has 0 aliphatic rings. The second kappa shape index (κ2) is 5.60. The van der Waals surface area contributed by atoms with Gasteiger partial charge < -0.3 is 10.6 Å². The van der Waals surface area contributed by atoms with Crippen LogP contribution in [0, 0.1) is 23.3 Å². The number of benzene rings is 2. The molecule has 0 heterocycles. The van der Waals surface area contributed by atoms with E-state index in [-0.39, 0.29) is 11.4 Å². The minimum Gasteiger partial charge on any atom is -0.308 e. The maximum atomic E-state index is 12.9. The lowest BCUT2D eigenvalue weighted by Crippen LogP contribution is -2.19. The molecule has 2 N–H and O–H groups in total. The number of carbonyl (C=O) groups excluding carboxylic acids is 1. The van der Waals surface area contributed by atoms with Gasteiger partial charge in [0.25, 0.3) is 0 Å². The third-order valence-electron chi connectivity index (χ3n) is 2.24. The molecule has 2 rings (SSSR count). The van der Waals surface area contributed by atoms with Crippen LogP contribution in [0.25, 0.3) is 0 Å². The number of anilines is 2. The molecule has 7 heteroatoms. The average Bonchev–Trinajstić information content (AvgIpc) is 2.24. The van der Waals surface area contributed by atoms with E-state index in [0.29, 0.717) is 12.1 Å². The maximum absolute atomic E-state index is 12.9. The fourth-order valence-electron chi connectivity index (χ4n) is 1.55. The van der Waals surface area contributed by atoms with Gasteiger partial charge in [0.05, 0.1) is 0 Å². The van der Waals surface area contributed by atoms with Crippen molar-refractivity contribution < 1.29 is 22.4 Å². The molecule has 20 heavy (non-hydrogen) atoms. The van der Waals surface area contributed by atoms with Crippen LogP contribution in [0.15, 0.2) is 36.4 Å². The number of rotatable bonds is 2. The first kappa shape index (κ1) is 13.9. The van der Waals surface area contributed by atoms with Gasteiger partial charge in [0.15, 0.2) is 0 Å². The Morgan fingerprint density at radius 1 is 0.650 bits per heavy atom. The molecule has 2 amide bonds. The number of hydrogen-bond acceptors (Lipinski definition) is 1. The highest BCUT2D eigenvalue weighted by Crippen LogP contribution is 2.15. The second-order valence-electron chi connectivity index (χ2n) is 3.90. The predicted molar refractivity (Wildman–Crippen MR) is 65.4 cm³/mol. The SMILES string of the molecule is O=C(Nc1cc(F)cc(F)c1)Nc1cc(F)cc(F)c1. The van der Waals surface area contributed by atoms with Gasteiger partial charge in [-0.25, -0.2) is 22.4 Å². The zero-order chi connectivity index (χ0) is 14.7. The molecule has 0 atom stereocenters. The predicted octanol–water partition coefficient (Wildman–Crippen LogP) is 3.89. The van der Waals surface area contributed by atoms with Crippen molar-refractivity contribution in [3.05, 3.63) is 59.7 Å². The van der Waals surface area contributed by atoms with Crippen molar-refractivity contribution in [2.75, 3.05) is 10.6 Å². The zero-order valence-corrected chi connectivity index (χ0v) is 9.88. The molecule has 3 nitrogen and oxygen atoms in total. The smallest absolute Gasteiger partial charge is 0.308 e. The summed E-state index contributed by atoms with van der Waals surface area (Å²) in [5.41, 5.74) is -0.256. The summed E-state index contributed by atoms with van der Waals surface area (Å²) in [5.74, 6) is -3.46. The Hall–Kier alpha value is -2.57. The first-order valence-corrected chi connectivity index (χ1v) is 5.42. The molecule has 0 aliphatic heterocycles. The van der Waals surface area contributed by atoms with Crippen LogP contribution in [0.1, 0.15) is 0 Å². The Morgan fingerprint density at radius 2 is 0.950 bits per heavy atom. The largest absolute Gasteiger partial charge is 0.323 e. The Bertz CT molecular complexity index is 565. The van der Waals surface area contributed by atoms with Gasteiger partial charge >= 0.3 is 6.03 Å². The van der Waals surface area contributed by atoms with Crippen LogP contribution in [0.5, 0.6) is 0 Å². The lowest BCUT2D eigenvalue weighted by molar-refractivity contribution is 0.262. The molecule has 0 unspecified atom stereocenters. The number of nitrogens with one attached hydrogen (secondary N) is 2. The fourth-order valence-corrected chi connectivity index (χ4v) is 1.55. The summed E-state index contributed by atoms with van der Waals surface area (Å²) in [6.45, 7) is 0. The van der Waals surface area contributed by atoms with Gasteiger partial charge in [-0.3, -0.25) is 0 Å². The van der Waals surface area contributed by atoms with E-state index >= 15 is 0 Å². The Kier molecular flexibility index (Phi) is 3.88. The van der Waals surface area contributed by atoms with Crippen molar-refractivity contribution in [1.82, 2.24) is 0 Å². The molecular formula is C13H8F4N2O. The van der Waals surface area contributed by atoms with E-state index in [1.54, 1.807) is 0 Å². The van der Waals surface area contributed by atoms with Crippen molar-refractivity contribution in [2.45, 2.75) is 0 Å². The van der Waals surface area contributed by atoms with Crippen molar-refractivity contribution in [3.8, 4) is 0 Å². The Morgan fingerprint density at radius 3 is 1.25 bits per heavy atom. The molecule has 0 aliphatic carbocycles. The minimum absolute atomic E-state index is 0.128. The van der Waals surface area contributed by atoms with Gasteiger partial charge in [-0.1, -0.05) is 0 Å². The first-order valence-electron chi connectivity index (χ1n) is 5.42. The second-order valence-corrected chi connectivity index (χ2v) is 3.90. The lowest BCUT2D eigenvalue weighted by Gasteiger charge is -2.08. The first-order chi connectivity index (χ1) is 9.42. The fraction of sp³-hybridized carbons (Fsp3) is 0. The van der Waals surface area contributed by atoms with Crippen LogP contribution in [0.4, 0.5) is 33.7 Å². The highest BCUT2D eigenvalue weighted by Gasteiger charge is 2.07. The highest BCUT2D eigenvalue weighted by atomic mass is 19.1. The standard InChI is InChI=1S/C13H8F4N2O/c14-7-1-8(15)4-11(3-7)18-13(20)19-12-5-9(16)2-10(17)6-12/h1-6H,(H2,18,19,20). The van der Waals surface area contributed by atoms with Gasteiger partial charge in [0.1, 0.15) is 23.3 Å². The van der Waals surface area contributed by atoms with Crippen LogP contribution in [-0.4, -0.2) is 6.03 Å². The van der Waals surface area contributed by atoms with Gasteiger partial charge in [-0.05, 0) is 24.3 Å². The van der Waals surface area contributed by atoms with Gasteiger partial charge in [-0.2, -0.15) is 0 Å². The maximum Gasteiger partial charge on any atom is 0.323 e. The molecule has 0 saturated heterocycles. The number of carbonyl (C=O) groups is 1. The van der Waals surface area contributed by atoms with E-state index in [2.05, 4.69) is 10.6 Å².